The van der Waals surface area contributed by atoms with Gasteiger partial charge < -0.3 is 9.15 Å². The summed E-state index contributed by atoms with van der Waals surface area (Å²) in [6.07, 6.45) is 4.32. The number of fused-ring (bicyclic) bond motifs is 1. The van der Waals surface area contributed by atoms with Gasteiger partial charge in [-0.3, -0.25) is 4.79 Å². The molecule has 20 heavy (non-hydrogen) atoms. The maximum absolute atomic E-state index is 11.8. The lowest BCUT2D eigenvalue weighted by molar-refractivity contribution is 0.309. The van der Waals surface area contributed by atoms with Crippen LogP contribution in [0.25, 0.3) is 11.0 Å². The number of nitriles is 1. The molecule has 0 aliphatic heterocycles. The van der Waals surface area contributed by atoms with Gasteiger partial charge >= 0.3 is 0 Å². The highest BCUT2D eigenvalue weighted by atomic mass is 16.5. The Bertz CT molecular complexity index is 682. The van der Waals surface area contributed by atoms with Gasteiger partial charge in [-0.1, -0.05) is 13.3 Å². The smallest absolute Gasteiger partial charge is 0.192 e. The highest BCUT2D eigenvalue weighted by molar-refractivity contribution is 5.81. The highest BCUT2D eigenvalue weighted by Gasteiger charge is 2.12. The third kappa shape index (κ3) is 3.00. The molecular formula is C16H17NO3. The molecule has 2 aromatic rings. The Kier molecular flexibility index (Phi) is 4.78. The number of aryl methyl sites for hydroxylation is 1. The molecule has 0 saturated heterocycles. The number of hydrogen-bond acceptors (Lipinski definition) is 4. The summed E-state index contributed by atoms with van der Waals surface area (Å²) < 4.78 is 11.2. The summed E-state index contributed by atoms with van der Waals surface area (Å²) in [5.41, 5.74) is 1.50. The van der Waals surface area contributed by atoms with Gasteiger partial charge in [0.25, 0.3) is 0 Å². The van der Waals surface area contributed by atoms with Crippen LogP contribution in [0, 0.1) is 11.3 Å². The second-order valence-electron chi connectivity index (χ2n) is 4.56. The third-order valence-electron chi connectivity index (χ3n) is 3.08. The van der Waals surface area contributed by atoms with Crippen LogP contribution in [0.15, 0.2) is 33.7 Å². The second-order valence-corrected chi connectivity index (χ2v) is 4.56. The van der Waals surface area contributed by atoms with E-state index in [0.717, 1.165) is 24.2 Å². The van der Waals surface area contributed by atoms with Crippen molar-refractivity contribution in [3.63, 3.8) is 0 Å². The molecule has 4 nitrogen and oxygen atoms in total. The van der Waals surface area contributed by atoms with E-state index in [0.29, 0.717) is 30.4 Å². The SMILES string of the molecule is CCCc1c(OCCCC#N)ccc2c(=O)ccoc12. The molecule has 1 aromatic heterocycles. The van der Waals surface area contributed by atoms with Crippen molar-refractivity contribution in [3.8, 4) is 11.8 Å². The summed E-state index contributed by atoms with van der Waals surface area (Å²) in [7, 11) is 0. The number of nitrogens with zero attached hydrogens (tertiary/aromatic N) is 1. The van der Waals surface area contributed by atoms with Gasteiger partial charge in [0.2, 0.25) is 0 Å². The first-order chi connectivity index (χ1) is 9.77. The summed E-state index contributed by atoms with van der Waals surface area (Å²) in [5.74, 6) is 0.742. The second kappa shape index (κ2) is 6.76. The maximum atomic E-state index is 11.8. The van der Waals surface area contributed by atoms with Crippen molar-refractivity contribution in [2.75, 3.05) is 6.61 Å². The zero-order valence-electron chi connectivity index (χ0n) is 11.5. The molecule has 104 valence electrons. The van der Waals surface area contributed by atoms with E-state index in [9.17, 15) is 4.79 Å². The van der Waals surface area contributed by atoms with Crippen molar-refractivity contribution in [1.82, 2.24) is 0 Å². The van der Waals surface area contributed by atoms with Gasteiger partial charge in [-0.15, -0.1) is 0 Å². The summed E-state index contributed by atoms with van der Waals surface area (Å²) in [6.45, 7) is 2.56. The Morgan fingerprint density at radius 2 is 2.20 bits per heavy atom. The maximum Gasteiger partial charge on any atom is 0.192 e. The molecule has 0 unspecified atom stereocenters. The molecule has 0 radical (unpaired) electrons. The first-order valence-electron chi connectivity index (χ1n) is 6.81. The van der Waals surface area contributed by atoms with Crippen LogP contribution < -0.4 is 10.2 Å². The van der Waals surface area contributed by atoms with E-state index in [1.165, 1.54) is 12.3 Å². The van der Waals surface area contributed by atoms with Crippen molar-refractivity contribution in [1.29, 1.82) is 5.26 Å². The number of rotatable bonds is 6. The quantitative estimate of drug-likeness (QED) is 0.755. The highest BCUT2D eigenvalue weighted by Crippen LogP contribution is 2.28. The predicted octanol–water partition coefficient (Wildman–Crippen LogP) is 3.43. The lowest BCUT2D eigenvalue weighted by Gasteiger charge is -2.12. The molecule has 0 saturated carbocycles. The summed E-state index contributed by atoms with van der Waals surface area (Å²) in [6, 6.07) is 7.07. The van der Waals surface area contributed by atoms with Crippen LogP contribution in [0.1, 0.15) is 31.7 Å². The first-order valence-corrected chi connectivity index (χ1v) is 6.81. The molecular weight excluding hydrogens is 254 g/mol. The summed E-state index contributed by atoms with van der Waals surface area (Å²) >= 11 is 0. The predicted molar refractivity (Wildman–Crippen MR) is 76.8 cm³/mol. The van der Waals surface area contributed by atoms with E-state index in [4.69, 9.17) is 14.4 Å². The van der Waals surface area contributed by atoms with Crippen LogP contribution in [-0.2, 0) is 6.42 Å². The van der Waals surface area contributed by atoms with Crippen molar-refractivity contribution >= 4 is 11.0 Å². The Labute approximate surface area is 117 Å². The Hall–Kier alpha value is -2.28. The van der Waals surface area contributed by atoms with E-state index in [1.807, 2.05) is 6.07 Å². The van der Waals surface area contributed by atoms with Crippen LogP contribution in [0.3, 0.4) is 0 Å². The number of ether oxygens (including phenoxy) is 1. The fraction of sp³-hybridized carbons (Fsp3) is 0.375. The first kappa shape index (κ1) is 14.1. The van der Waals surface area contributed by atoms with Crippen molar-refractivity contribution in [2.24, 2.45) is 0 Å². The molecule has 0 N–H and O–H groups in total. The van der Waals surface area contributed by atoms with Crippen LogP contribution in [0.5, 0.6) is 5.75 Å². The average molecular weight is 271 g/mol. The zero-order chi connectivity index (χ0) is 14.4. The Balaban J connectivity index is 2.37. The summed E-state index contributed by atoms with van der Waals surface area (Å²) in [5, 5.41) is 9.10. The molecule has 4 heteroatoms. The molecule has 1 aromatic carbocycles. The minimum Gasteiger partial charge on any atom is -0.493 e. The Morgan fingerprint density at radius 1 is 1.35 bits per heavy atom. The van der Waals surface area contributed by atoms with Crippen molar-refractivity contribution < 1.29 is 9.15 Å². The van der Waals surface area contributed by atoms with Crippen LogP contribution in [0.4, 0.5) is 0 Å². The van der Waals surface area contributed by atoms with E-state index < -0.39 is 0 Å². The summed E-state index contributed by atoms with van der Waals surface area (Å²) in [4.78, 5) is 11.8. The minimum absolute atomic E-state index is 0.0420. The average Bonchev–Trinajstić information content (AvgIpc) is 2.46. The monoisotopic (exact) mass is 271 g/mol. The lowest BCUT2D eigenvalue weighted by atomic mass is 10.1. The Morgan fingerprint density at radius 3 is 2.95 bits per heavy atom. The molecule has 0 aliphatic carbocycles. The minimum atomic E-state index is -0.0420. The number of unbranched alkanes of at least 4 members (excludes halogenated alkanes) is 1. The van der Waals surface area contributed by atoms with E-state index in [2.05, 4.69) is 13.0 Å². The third-order valence-corrected chi connectivity index (χ3v) is 3.08. The normalized spacial score (nSPS) is 10.4. The van der Waals surface area contributed by atoms with Gasteiger partial charge in [-0.05, 0) is 25.0 Å². The number of hydrogen-bond donors (Lipinski definition) is 0. The van der Waals surface area contributed by atoms with Crippen molar-refractivity contribution in [2.45, 2.75) is 32.6 Å². The fourth-order valence-electron chi connectivity index (χ4n) is 2.15. The molecule has 0 aliphatic rings. The van der Waals surface area contributed by atoms with E-state index >= 15 is 0 Å². The molecule has 0 amide bonds. The fourth-order valence-corrected chi connectivity index (χ4v) is 2.15. The molecule has 0 atom stereocenters. The van der Waals surface area contributed by atoms with Gasteiger partial charge in [0, 0.05) is 18.1 Å². The zero-order valence-corrected chi connectivity index (χ0v) is 11.5. The van der Waals surface area contributed by atoms with Crippen LogP contribution in [0.2, 0.25) is 0 Å². The topological polar surface area (TPSA) is 63.2 Å². The van der Waals surface area contributed by atoms with Gasteiger partial charge in [-0.25, -0.2) is 0 Å². The van der Waals surface area contributed by atoms with E-state index in [1.54, 1.807) is 6.07 Å². The van der Waals surface area contributed by atoms with Gasteiger partial charge in [0.05, 0.1) is 24.3 Å². The van der Waals surface area contributed by atoms with E-state index in [-0.39, 0.29) is 5.43 Å². The van der Waals surface area contributed by atoms with Gasteiger partial charge in [0.1, 0.15) is 11.3 Å². The molecule has 0 spiro atoms. The molecule has 0 bridgehead atoms. The standard InChI is InChI=1S/C16H17NO3/c1-2-5-13-15(19-10-4-3-9-17)7-6-12-14(18)8-11-20-16(12)13/h6-8,11H,2-5,10H2,1H3. The molecule has 2 rings (SSSR count). The van der Waals surface area contributed by atoms with Crippen molar-refractivity contribution in [3.05, 3.63) is 40.2 Å². The molecule has 1 heterocycles. The van der Waals surface area contributed by atoms with Gasteiger partial charge in [-0.2, -0.15) is 5.26 Å². The lowest BCUT2D eigenvalue weighted by Crippen LogP contribution is -2.04. The molecule has 0 fully saturated rings. The van der Waals surface area contributed by atoms with Crippen LogP contribution >= 0.6 is 0 Å². The van der Waals surface area contributed by atoms with Crippen LogP contribution in [-0.4, -0.2) is 6.61 Å². The number of benzene rings is 1. The largest absolute Gasteiger partial charge is 0.493 e. The van der Waals surface area contributed by atoms with Gasteiger partial charge in [0.15, 0.2) is 5.43 Å².